The first-order valence-electron chi connectivity index (χ1n) is 11.1. The summed E-state index contributed by atoms with van der Waals surface area (Å²) < 4.78 is 15.3. The van der Waals surface area contributed by atoms with E-state index in [2.05, 4.69) is 38.1 Å². The van der Waals surface area contributed by atoms with Gasteiger partial charge in [0.05, 0.1) is 23.6 Å². The molecule has 0 atom stereocenters. The van der Waals surface area contributed by atoms with Gasteiger partial charge in [-0.05, 0) is 55.0 Å². The lowest BCUT2D eigenvalue weighted by Crippen LogP contribution is -2.39. The number of amides is 1. The predicted molar refractivity (Wildman–Crippen MR) is 121 cm³/mol. The van der Waals surface area contributed by atoms with E-state index in [1.54, 1.807) is 18.3 Å². The van der Waals surface area contributed by atoms with Crippen LogP contribution in [0, 0.1) is 11.7 Å². The summed E-state index contributed by atoms with van der Waals surface area (Å²) in [4.78, 5) is 19.2. The Morgan fingerprint density at radius 3 is 2.69 bits per heavy atom. The first kappa shape index (κ1) is 20.4. The van der Waals surface area contributed by atoms with Gasteiger partial charge in [0, 0.05) is 49.4 Å². The molecule has 4 heterocycles. The Morgan fingerprint density at radius 2 is 1.94 bits per heavy atom. The monoisotopic (exact) mass is 431 g/mol. The normalized spacial score (nSPS) is 14.8. The van der Waals surface area contributed by atoms with E-state index in [1.165, 1.54) is 17.5 Å². The topological polar surface area (TPSA) is 66.8 Å². The van der Waals surface area contributed by atoms with Gasteiger partial charge in [-0.25, -0.2) is 4.39 Å². The van der Waals surface area contributed by atoms with E-state index in [0.29, 0.717) is 18.8 Å². The van der Waals surface area contributed by atoms with Crippen LogP contribution in [0.2, 0.25) is 0 Å². The van der Waals surface area contributed by atoms with E-state index >= 15 is 0 Å². The van der Waals surface area contributed by atoms with Crippen molar-refractivity contribution in [2.45, 2.75) is 32.2 Å². The van der Waals surface area contributed by atoms with E-state index in [-0.39, 0.29) is 11.7 Å². The van der Waals surface area contributed by atoms with Crippen LogP contribution in [-0.2, 0) is 17.8 Å². The fourth-order valence-electron chi connectivity index (χ4n) is 4.50. The molecule has 0 saturated carbocycles. The van der Waals surface area contributed by atoms with Crippen molar-refractivity contribution in [1.29, 1.82) is 0 Å². The number of aryl methyl sites for hydroxylation is 1. The van der Waals surface area contributed by atoms with Gasteiger partial charge in [-0.2, -0.15) is 5.10 Å². The standard InChI is InChI=1S/C25H26FN5O/c26-22-4-1-18(2-5-22)3-6-25(32)30-10-7-19(8-11-30)17-31-12-9-20-13-23(27-16-24(20)31)21-14-28-29-15-21/h1-2,4-5,9,12-16,19H,3,6-8,10-11,17H2,(H,28,29). The van der Waals surface area contributed by atoms with Crippen LogP contribution >= 0.6 is 0 Å². The second-order valence-corrected chi connectivity index (χ2v) is 8.53. The van der Waals surface area contributed by atoms with Crippen LogP contribution in [0.5, 0.6) is 0 Å². The molecule has 1 aromatic carbocycles. The number of pyridine rings is 1. The van der Waals surface area contributed by atoms with Crippen molar-refractivity contribution in [1.82, 2.24) is 24.6 Å². The van der Waals surface area contributed by atoms with Crippen molar-refractivity contribution in [2.24, 2.45) is 5.92 Å². The van der Waals surface area contributed by atoms with Crippen LogP contribution in [0.3, 0.4) is 0 Å². The van der Waals surface area contributed by atoms with Crippen LogP contribution in [0.15, 0.2) is 61.2 Å². The summed E-state index contributed by atoms with van der Waals surface area (Å²) >= 11 is 0. The van der Waals surface area contributed by atoms with Gasteiger partial charge in [0.15, 0.2) is 0 Å². The van der Waals surface area contributed by atoms with Gasteiger partial charge in [-0.15, -0.1) is 0 Å². The van der Waals surface area contributed by atoms with Gasteiger partial charge in [-0.3, -0.25) is 14.9 Å². The number of likely N-dealkylation sites (tertiary alicyclic amines) is 1. The molecule has 32 heavy (non-hydrogen) atoms. The molecule has 0 bridgehead atoms. The van der Waals surface area contributed by atoms with E-state index in [4.69, 9.17) is 0 Å². The maximum absolute atomic E-state index is 13.0. The zero-order valence-electron chi connectivity index (χ0n) is 17.9. The maximum Gasteiger partial charge on any atom is 0.222 e. The molecule has 0 aliphatic carbocycles. The minimum atomic E-state index is -0.244. The summed E-state index contributed by atoms with van der Waals surface area (Å²) in [5, 5.41) is 8.00. The molecule has 1 fully saturated rings. The first-order valence-corrected chi connectivity index (χ1v) is 11.1. The summed E-state index contributed by atoms with van der Waals surface area (Å²) in [6, 6.07) is 10.6. The minimum absolute atomic E-state index is 0.190. The average Bonchev–Trinajstić information content (AvgIpc) is 3.49. The van der Waals surface area contributed by atoms with Crippen molar-refractivity contribution in [3.8, 4) is 11.3 Å². The lowest BCUT2D eigenvalue weighted by Gasteiger charge is -2.32. The molecule has 3 aromatic heterocycles. The molecule has 1 saturated heterocycles. The van der Waals surface area contributed by atoms with Gasteiger partial charge in [0.25, 0.3) is 0 Å². The van der Waals surface area contributed by atoms with E-state index in [0.717, 1.165) is 54.8 Å². The van der Waals surface area contributed by atoms with Crippen LogP contribution in [0.4, 0.5) is 4.39 Å². The minimum Gasteiger partial charge on any atom is -0.346 e. The highest BCUT2D eigenvalue weighted by Gasteiger charge is 2.23. The second-order valence-electron chi connectivity index (χ2n) is 8.53. The van der Waals surface area contributed by atoms with Crippen molar-refractivity contribution in [2.75, 3.05) is 13.1 Å². The SMILES string of the molecule is O=C(CCc1ccc(F)cc1)N1CCC(Cn2ccc3cc(-c4cn[nH]c4)ncc32)CC1. The Labute approximate surface area is 186 Å². The first-order chi connectivity index (χ1) is 15.7. The molecule has 6 nitrogen and oxygen atoms in total. The average molecular weight is 432 g/mol. The van der Waals surface area contributed by atoms with Gasteiger partial charge in [0.2, 0.25) is 5.91 Å². The molecular formula is C25H26FN5O. The van der Waals surface area contributed by atoms with Crippen LogP contribution in [-0.4, -0.2) is 43.6 Å². The number of nitrogens with zero attached hydrogens (tertiary/aromatic N) is 4. The number of aromatic amines is 1. The number of fused-ring (bicyclic) bond motifs is 1. The number of hydrogen-bond acceptors (Lipinski definition) is 3. The fourth-order valence-corrected chi connectivity index (χ4v) is 4.50. The van der Waals surface area contributed by atoms with Gasteiger partial charge < -0.3 is 9.47 Å². The molecule has 0 radical (unpaired) electrons. The van der Waals surface area contributed by atoms with E-state index in [9.17, 15) is 9.18 Å². The number of aromatic nitrogens is 4. The number of piperidine rings is 1. The van der Waals surface area contributed by atoms with Gasteiger partial charge in [-0.1, -0.05) is 12.1 Å². The van der Waals surface area contributed by atoms with Crippen molar-refractivity contribution >= 4 is 16.8 Å². The number of hydrogen-bond donors (Lipinski definition) is 1. The lowest BCUT2D eigenvalue weighted by atomic mass is 9.96. The number of halogens is 1. The molecule has 1 amide bonds. The highest BCUT2D eigenvalue weighted by Crippen LogP contribution is 2.25. The molecule has 1 aliphatic heterocycles. The Morgan fingerprint density at radius 1 is 1.12 bits per heavy atom. The summed E-state index contributed by atoms with van der Waals surface area (Å²) in [5.74, 6) is 0.488. The number of nitrogens with one attached hydrogen (secondary N) is 1. The summed E-state index contributed by atoms with van der Waals surface area (Å²) in [7, 11) is 0. The molecule has 164 valence electrons. The van der Waals surface area contributed by atoms with Gasteiger partial charge in [0.1, 0.15) is 5.82 Å². The largest absolute Gasteiger partial charge is 0.346 e. The molecule has 0 spiro atoms. The molecule has 4 aromatic rings. The van der Waals surface area contributed by atoms with Crippen LogP contribution in [0.25, 0.3) is 22.2 Å². The highest BCUT2D eigenvalue weighted by atomic mass is 19.1. The molecule has 1 N–H and O–H groups in total. The number of benzene rings is 1. The predicted octanol–water partition coefficient (Wildman–Crippen LogP) is 4.44. The molecule has 7 heteroatoms. The van der Waals surface area contributed by atoms with Crippen molar-refractivity contribution in [3.05, 3.63) is 72.6 Å². The van der Waals surface area contributed by atoms with E-state index in [1.807, 2.05) is 17.3 Å². The summed E-state index contributed by atoms with van der Waals surface area (Å²) in [5.41, 5.74) is 4.03. The highest BCUT2D eigenvalue weighted by molar-refractivity contribution is 5.83. The molecule has 1 aliphatic rings. The molecule has 0 unspecified atom stereocenters. The maximum atomic E-state index is 13.0. The lowest BCUT2D eigenvalue weighted by molar-refractivity contribution is -0.132. The van der Waals surface area contributed by atoms with Crippen LogP contribution in [0.1, 0.15) is 24.8 Å². The van der Waals surface area contributed by atoms with Gasteiger partial charge >= 0.3 is 0 Å². The number of carbonyl (C=O) groups excluding carboxylic acids is 1. The summed E-state index contributed by atoms with van der Waals surface area (Å²) in [6.07, 6.45) is 10.8. The third-order valence-corrected chi connectivity index (χ3v) is 6.41. The third-order valence-electron chi connectivity index (χ3n) is 6.41. The number of carbonyl (C=O) groups is 1. The third kappa shape index (κ3) is 4.42. The van der Waals surface area contributed by atoms with Crippen molar-refractivity contribution < 1.29 is 9.18 Å². The smallest absolute Gasteiger partial charge is 0.222 e. The Hall–Kier alpha value is -3.48. The molecule has 5 rings (SSSR count). The van der Waals surface area contributed by atoms with Crippen molar-refractivity contribution in [3.63, 3.8) is 0 Å². The van der Waals surface area contributed by atoms with E-state index < -0.39 is 0 Å². The molecular weight excluding hydrogens is 405 g/mol. The second kappa shape index (κ2) is 8.94. The van der Waals surface area contributed by atoms with Crippen LogP contribution < -0.4 is 0 Å². The zero-order chi connectivity index (χ0) is 21.9. The zero-order valence-corrected chi connectivity index (χ0v) is 17.9. The Kier molecular flexibility index (Phi) is 5.71. The number of H-pyrrole nitrogens is 1. The Balaban J connectivity index is 1.15. The number of rotatable bonds is 6. The Bertz CT molecular complexity index is 1190. The summed E-state index contributed by atoms with van der Waals surface area (Å²) in [6.45, 7) is 2.54. The fraction of sp³-hybridized carbons (Fsp3) is 0.320. The quantitative estimate of drug-likeness (QED) is 0.491.